The average molecular weight is 1180 g/mol. The van der Waals surface area contributed by atoms with Crippen LogP contribution in [0.1, 0.15) is 119 Å². The van der Waals surface area contributed by atoms with Crippen LogP contribution in [0.15, 0.2) is 48.7 Å². The number of aromatic nitrogens is 6. The summed E-state index contributed by atoms with van der Waals surface area (Å²) < 4.78 is 92.9. The van der Waals surface area contributed by atoms with E-state index in [1.165, 1.54) is 12.8 Å². The maximum absolute atomic E-state index is 13.8. The number of ether oxygens (including phenoxy) is 9. The molecule has 24 heteroatoms. The van der Waals surface area contributed by atoms with Gasteiger partial charge in [0.05, 0.1) is 130 Å². The van der Waals surface area contributed by atoms with Gasteiger partial charge in [-0.05, 0) is 70.3 Å². The highest BCUT2D eigenvalue weighted by Gasteiger charge is 2.75. The van der Waals surface area contributed by atoms with Crippen LogP contribution in [-0.2, 0) is 65.2 Å². The van der Waals surface area contributed by atoms with Crippen LogP contribution in [0.25, 0.3) is 0 Å². The van der Waals surface area contributed by atoms with E-state index in [9.17, 15) is 27.6 Å². The highest BCUT2D eigenvalue weighted by Crippen LogP contribution is 2.73. The first kappa shape index (κ1) is 64.6. The van der Waals surface area contributed by atoms with Gasteiger partial charge in [-0.2, -0.15) is 0 Å². The van der Waals surface area contributed by atoms with Crippen LogP contribution in [0, 0.1) is 35.7 Å². The van der Waals surface area contributed by atoms with Crippen LogP contribution in [0.3, 0.4) is 0 Å². The second kappa shape index (κ2) is 33.5. The number of benzene rings is 2. The molecule has 2 amide bonds. The summed E-state index contributed by atoms with van der Waals surface area (Å²) in [4.78, 5) is 43.5. The number of likely N-dealkylation sites (tertiary alicyclic amines) is 2. The van der Waals surface area contributed by atoms with Crippen molar-refractivity contribution in [2.75, 3.05) is 125 Å². The summed E-state index contributed by atoms with van der Waals surface area (Å²) in [6, 6.07) is 12.8. The molecule has 2 aliphatic carbocycles. The second-order valence-electron chi connectivity index (χ2n) is 22.2. The van der Waals surface area contributed by atoms with Crippen molar-refractivity contribution in [2.24, 2.45) is 11.3 Å². The Labute approximate surface area is 490 Å². The summed E-state index contributed by atoms with van der Waals surface area (Å²) in [6.07, 6.45) is 10.3. The average Bonchev–Trinajstić information content (AvgIpc) is 0.748. The minimum absolute atomic E-state index is 0.0441. The summed E-state index contributed by atoms with van der Waals surface area (Å²) in [5, 5.41) is 21.0. The topological polar surface area (TPSA) is 214 Å². The molecule has 2 aliphatic heterocycles. The third kappa shape index (κ3) is 18.1. The third-order valence-corrected chi connectivity index (χ3v) is 16.5. The molecule has 4 fully saturated rings. The summed E-state index contributed by atoms with van der Waals surface area (Å²) in [5.74, 6) is -2.97. The van der Waals surface area contributed by atoms with Crippen LogP contribution < -0.4 is 10.1 Å². The first-order chi connectivity index (χ1) is 40.9. The molecule has 4 heterocycles. The number of piperidine rings is 3. The molecule has 2 aromatic carbocycles. The van der Waals surface area contributed by atoms with E-state index in [-0.39, 0.29) is 50.0 Å². The second-order valence-corrected chi connectivity index (χ2v) is 22.2. The molecule has 2 saturated carbocycles. The zero-order valence-corrected chi connectivity index (χ0v) is 49.1. The van der Waals surface area contributed by atoms with Gasteiger partial charge in [-0.25, -0.2) is 17.9 Å². The molecule has 2 saturated heterocycles. The zero-order chi connectivity index (χ0) is 59.1. The Balaban J connectivity index is 0.559. The quantitative estimate of drug-likeness (QED) is 0.0284. The molecular formula is C60H86F3N9O12. The third-order valence-electron chi connectivity index (χ3n) is 16.5. The standard InChI is InChI=1S/C60H86F3N9O12/c1-43(2)58-67-65-44(3)72(58)54-41-53-60(54)18-13-52(60)71(53)21-16-51(45-9-5-4-6-10-45)64-59(75)46-14-19-69(20-15-46)55(73)12-8-7-11-48-42-70(68-66-48)22-24-77-26-28-79-30-32-81-34-36-83-38-37-82-35-33-80-31-29-78-27-25-76-23-17-56(74)84-57-49(62)39-47(61)40-50(57)63/h4-6,9-10,39-40,42-43,46,51-54H,7-8,11-38,41H2,1-3H3,(H,64,75)/t51-,52?,53?,54?,60?/m0/s1. The maximum atomic E-state index is 13.8. The fraction of sp³-hybridized carbons (Fsp3) is 0.683. The van der Waals surface area contributed by atoms with Crippen LogP contribution >= 0.6 is 0 Å². The molecular weight excluding hydrogens is 1100 g/mol. The Bertz CT molecular complexity index is 2610. The van der Waals surface area contributed by atoms with Gasteiger partial charge in [-0.1, -0.05) is 49.4 Å². The van der Waals surface area contributed by atoms with Gasteiger partial charge in [0.25, 0.3) is 0 Å². The number of carbonyl (C=O) groups is 3. The Hall–Kier alpha value is -5.44. The number of amides is 2. The number of hydrogen-bond donors (Lipinski definition) is 1. The van der Waals surface area contributed by atoms with Gasteiger partial charge in [-0.3, -0.25) is 19.3 Å². The number of nitrogens with one attached hydrogen (secondary N) is 1. The minimum Gasteiger partial charge on any atom is -0.420 e. The predicted molar refractivity (Wildman–Crippen MR) is 300 cm³/mol. The monoisotopic (exact) mass is 1180 g/mol. The summed E-state index contributed by atoms with van der Waals surface area (Å²) in [5.41, 5.74) is 2.38. The molecule has 4 aliphatic rings. The molecule has 2 aromatic heterocycles. The largest absolute Gasteiger partial charge is 0.420 e. The number of nitrogens with zero attached hydrogens (tertiary/aromatic N) is 8. The molecule has 1 spiro atoms. The Morgan fingerprint density at radius 2 is 1.26 bits per heavy atom. The van der Waals surface area contributed by atoms with Gasteiger partial charge >= 0.3 is 5.97 Å². The molecule has 464 valence electrons. The van der Waals surface area contributed by atoms with Crippen LogP contribution in [0.5, 0.6) is 5.75 Å². The molecule has 5 atom stereocenters. The van der Waals surface area contributed by atoms with Crippen LogP contribution in [0.4, 0.5) is 13.2 Å². The molecule has 8 rings (SSSR count). The van der Waals surface area contributed by atoms with Crippen molar-refractivity contribution in [2.45, 2.75) is 128 Å². The Morgan fingerprint density at radius 1 is 0.679 bits per heavy atom. The number of halogens is 3. The van der Waals surface area contributed by atoms with E-state index in [0.717, 1.165) is 61.6 Å². The van der Waals surface area contributed by atoms with Gasteiger partial charge in [0.1, 0.15) is 17.5 Å². The fourth-order valence-corrected chi connectivity index (χ4v) is 12.0. The lowest BCUT2D eigenvalue weighted by Crippen LogP contribution is -2.85. The SMILES string of the molecule is Cc1nnc(C(C)C)n1C1CC2N(CC[C@H](NC(=O)C3CCN(C(=O)CCCCc4cn(CCOCCOCCOCCOCCOCCOCCOCCOCCC(=O)Oc5c(F)cc(F)cc5F)nn4)CC3)c3ccccc3)C3CCC321. The van der Waals surface area contributed by atoms with Crippen LogP contribution in [0.2, 0.25) is 0 Å². The first-order valence-electron chi connectivity index (χ1n) is 30.1. The summed E-state index contributed by atoms with van der Waals surface area (Å²) in [7, 11) is 0. The van der Waals surface area contributed by atoms with Crippen molar-refractivity contribution in [1.82, 2.24) is 44.9 Å². The lowest BCUT2D eigenvalue weighted by Gasteiger charge is -2.80. The Kier molecular flexibility index (Phi) is 25.7. The van der Waals surface area contributed by atoms with Crippen molar-refractivity contribution in [3.05, 3.63) is 89.0 Å². The van der Waals surface area contributed by atoms with E-state index in [0.29, 0.717) is 166 Å². The van der Waals surface area contributed by atoms with Crippen molar-refractivity contribution in [3.63, 3.8) is 0 Å². The van der Waals surface area contributed by atoms with Gasteiger partial charge in [0.2, 0.25) is 17.6 Å². The molecule has 0 radical (unpaired) electrons. The number of rotatable bonds is 41. The van der Waals surface area contributed by atoms with Gasteiger partial charge < -0.3 is 57.4 Å². The van der Waals surface area contributed by atoms with E-state index in [4.69, 9.17) is 37.9 Å². The molecule has 84 heavy (non-hydrogen) atoms. The van der Waals surface area contributed by atoms with Crippen molar-refractivity contribution < 1.29 is 70.2 Å². The van der Waals surface area contributed by atoms with Crippen LogP contribution in [-0.4, -0.2) is 195 Å². The number of hydrogen-bond acceptors (Lipinski definition) is 17. The molecule has 21 nitrogen and oxygen atoms in total. The summed E-state index contributed by atoms with van der Waals surface area (Å²) >= 11 is 0. The van der Waals surface area contributed by atoms with E-state index in [1.807, 2.05) is 17.2 Å². The summed E-state index contributed by atoms with van der Waals surface area (Å²) in [6.45, 7) is 15.1. The van der Waals surface area contributed by atoms with E-state index in [2.05, 4.69) is 85.1 Å². The zero-order valence-electron chi connectivity index (χ0n) is 49.1. The number of esters is 1. The first-order valence-corrected chi connectivity index (χ1v) is 30.1. The minimum atomic E-state index is -1.30. The van der Waals surface area contributed by atoms with E-state index >= 15 is 0 Å². The lowest BCUT2D eigenvalue weighted by atomic mass is 9.40. The van der Waals surface area contributed by atoms with E-state index in [1.54, 1.807) is 4.68 Å². The number of carbonyl (C=O) groups excluding carboxylic acids is 3. The van der Waals surface area contributed by atoms with E-state index < -0.39 is 29.2 Å². The molecule has 0 bridgehead atoms. The highest BCUT2D eigenvalue weighted by atomic mass is 19.1. The highest BCUT2D eigenvalue weighted by molar-refractivity contribution is 5.80. The Morgan fingerprint density at radius 3 is 1.82 bits per heavy atom. The van der Waals surface area contributed by atoms with Crippen molar-refractivity contribution >= 4 is 17.8 Å². The van der Waals surface area contributed by atoms with Gasteiger partial charge in [-0.15, -0.1) is 15.3 Å². The number of aryl methyl sites for hydroxylation is 2. The molecule has 4 aromatic rings. The normalized spacial score (nSPS) is 19.8. The molecule has 4 unspecified atom stereocenters. The molecule has 1 N–H and O–H groups in total. The number of unbranched alkanes of at least 4 members (excludes halogenated alkanes) is 1. The van der Waals surface area contributed by atoms with Gasteiger partial charge in [0.15, 0.2) is 11.6 Å². The van der Waals surface area contributed by atoms with Crippen molar-refractivity contribution in [3.8, 4) is 5.75 Å². The van der Waals surface area contributed by atoms with Gasteiger partial charge in [0, 0.05) is 79.8 Å². The predicted octanol–water partition coefficient (Wildman–Crippen LogP) is 6.52. The smallest absolute Gasteiger partial charge is 0.313 e. The van der Waals surface area contributed by atoms with Crippen molar-refractivity contribution in [1.29, 1.82) is 0 Å². The fourth-order valence-electron chi connectivity index (χ4n) is 12.0. The lowest BCUT2D eigenvalue weighted by molar-refractivity contribution is -0.295. The maximum Gasteiger partial charge on any atom is 0.313 e.